The summed E-state index contributed by atoms with van der Waals surface area (Å²) in [4.78, 5) is 22.7. The Morgan fingerprint density at radius 3 is 2.74 bits per heavy atom. The van der Waals surface area contributed by atoms with Crippen LogP contribution < -0.4 is 10.6 Å². The molecule has 1 unspecified atom stereocenters. The van der Waals surface area contributed by atoms with Gasteiger partial charge in [-0.2, -0.15) is 0 Å². The van der Waals surface area contributed by atoms with Crippen LogP contribution in [0.2, 0.25) is 5.02 Å². The van der Waals surface area contributed by atoms with E-state index >= 15 is 0 Å². The Morgan fingerprint density at radius 2 is 2.16 bits per heavy atom. The van der Waals surface area contributed by atoms with Gasteiger partial charge >= 0.3 is 12.0 Å². The van der Waals surface area contributed by atoms with Crippen LogP contribution in [-0.2, 0) is 4.74 Å². The first-order valence-corrected chi connectivity index (χ1v) is 5.91. The van der Waals surface area contributed by atoms with Crippen molar-refractivity contribution < 1.29 is 19.4 Å². The van der Waals surface area contributed by atoms with E-state index in [1.165, 1.54) is 25.3 Å². The Labute approximate surface area is 115 Å². The molecular weight excluding hydrogens is 272 g/mol. The number of halogens is 1. The van der Waals surface area contributed by atoms with Crippen molar-refractivity contribution >= 4 is 29.3 Å². The number of hydrogen-bond acceptors (Lipinski definition) is 3. The van der Waals surface area contributed by atoms with Crippen molar-refractivity contribution in [2.24, 2.45) is 0 Å². The standard InChI is InChI=1S/C12H15ClN2O4/c1-7(6-19-2)14-12(18)15-10-5-8(13)3-4-9(10)11(16)17/h3-5,7H,6H2,1-2H3,(H,16,17)(H2,14,15,18). The average Bonchev–Trinajstić information content (AvgIpc) is 2.28. The largest absolute Gasteiger partial charge is 0.478 e. The number of carbonyl (C=O) groups is 2. The fraction of sp³-hybridized carbons (Fsp3) is 0.333. The van der Waals surface area contributed by atoms with Gasteiger partial charge in [0.2, 0.25) is 0 Å². The number of carboxylic acid groups (broad SMARTS) is 1. The van der Waals surface area contributed by atoms with Crippen LogP contribution in [0.1, 0.15) is 17.3 Å². The number of benzene rings is 1. The lowest BCUT2D eigenvalue weighted by Crippen LogP contribution is -2.38. The lowest BCUT2D eigenvalue weighted by atomic mass is 10.2. The minimum absolute atomic E-state index is 0.0288. The molecule has 1 rings (SSSR count). The normalized spacial score (nSPS) is 11.7. The van der Waals surface area contributed by atoms with Crippen LogP contribution in [-0.4, -0.2) is 36.9 Å². The number of carbonyl (C=O) groups excluding carboxylic acids is 1. The van der Waals surface area contributed by atoms with Crippen molar-refractivity contribution in [3.8, 4) is 0 Å². The smallest absolute Gasteiger partial charge is 0.337 e. The third kappa shape index (κ3) is 4.76. The third-order valence-electron chi connectivity index (χ3n) is 2.25. The number of ether oxygens (including phenoxy) is 1. The second kappa shape index (κ2) is 6.96. The number of nitrogens with one attached hydrogen (secondary N) is 2. The highest BCUT2D eigenvalue weighted by Crippen LogP contribution is 2.21. The van der Waals surface area contributed by atoms with E-state index in [9.17, 15) is 9.59 Å². The van der Waals surface area contributed by atoms with Crippen LogP contribution in [0, 0.1) is 0 Å². The molecule has 3 N–H and O–H groups in total. The summed E-state index contributed by atoms with van der Waals surface area (Å²) in [6.07, 6.45) is 0. The van der Waals surface area contributed by atoms with Gasteiger partial charge in [-0.15, -0.1) is 0 Å². The van der Waals surface area contributed by atoms with Crippen LogP contribution in [0.3, 0.4) is 0 Å². The van der Waals surface area contributed by atoms with Gasteiger partial charge in [-0.25, -0.2) is 9.59 Å². The first kappa shape index (κ1) is 15.3. The summed E-state index contributed by atoms with van der Waals surface area (Å²) in [5, 5.41) is 14.4. The minimum Gasteiger partial charge on any atom is -0.478 e. The van der Waals surface area contributed by atoms with E-state index in [-0.39, 0.29) is 17.3 Å². The summed E-state index contributed by atoms with van der Waals surface area (Å²) in [7, 11) is 1.52. The van der Waals surface area contributed by atoms with Crippen molar-refractivity contribution in [3.63, 3.8) is 0 Å². The molecule has 0 fully saturated rings. The van der Waals surface area contributed by atoms with Gasteiger partial charge in [0.1, 0.15) is 0 Å². The van der Waals surface area contributed by atoms with E-state index in [0.29, 0.717) is 11.6 Å². The summed E-state index contributed by atoms with van der Waals surface area (Å²) < 4.78 is 4.88. The lowest BCUT2D eigenvalue weighted by molar-refractivity contribution is 0.0698. The van der Waals surface area contributed by atoms with Gasteiger partial charge in [-0.05, 0) is 25.1 Å². The molecule has 0 aliphatic carbocycles. The SMILES string of the molecule is COCC(C)NC(=O)Nc1cc(Cl)ccc1C(=O)O. The van der Waals surface area contributed by atoms with Crippen LogP contribution in [0.5, 0.6) is 0 Å². The van der Waals surface area contributed by atoms with Gasteiger partial charge in [0.15, 0.2) is 0 Å². The van der Waals surface area contributed by atoms with Crippen LogP contribution in [0.4, 0.5) is 10.5 Å². The molecule has 0 spiro atoms. The van der Waals surface area contributed by atoms with Gasteiger partial charge < -0.3 is 20.5 Å². The van der Waals surface area contributed by atoms with E-state index in [1.54, 1.807) is 6.92 Å². The molecule has 1 aromatic rings. The van der Waals surface area contributed by atoms with Gasteiger partial charge in [-0.3, -0.25) is 0 Å². The number of carboxylic acids is 1. The lowest BCUT2D eigenvalue weighted by Gasteiger charge is -2.14. The molecule has 0 aliphatic rings. The second-order valence-electron chi connectivity index (χ2n) is 3.95. The van der Waals surface area contributed by atoms with Gasteiger partial charge in [0, 0.05) is 12.1 Å². The number of amides is 2. The number of hydrogen-bond donors (Lipinski definition) is 3. The number of urea groups is 1. The summed E-state index contributed by atoms with van der Waals surface area (Å²) in [5.74, 6) is -1.14. The van der Waals surface area contributed by atoms with E-state index in [2.05, 4.69) is 10.6 Å². The molecule has 1 atom stereocenters. The maximum Gasteiger partial charge on any atom is 0.337 e. The molecule has 0 heterocycles. The van der Waals surface area contributed by atoms with Gasteiger partial charge in [0.25, 0.3) is 0 Å². The van der Waals surface area contributed by atoms with Crippen molar-refractivity contribution in [3.05, 3.63) is 28.8 Å². The molecule has 2 amide bonds. The second-order valence-corrected chi connectivity index (χ2v) is 4.39. The van der Waals surface area contributed by atoms with Gasteiger partial charge in [-0.1, -0.05) is 11.6 Å². The van der Waals surface area contributed by atoms with E-state index < -0.39 is 12.0 Å². The van der Waals surface area contributed by atoms with E-state index in [1.807, 2.05) is 0 Å². The van der Waals surface area contributed by atoms with E-state index in [4.69, 9.17) is 21.4 Å². The first-order chi connectivity index (χ1) is 8.93. The predicted octanol–water partition coefficient (Wildman–Crippen LogP) is 2.19. The Morgan fingerprint density at radius 1 is 1.47 bits per heavy atom. The van der Waals surface area contributed by atoms with Crippen molar-refractivity contribution in [2.75, 3.05) is 19.0 Å². The molecule has 0 bridgehead atoms. The van der Waals surface area contributed by atoms with E-state index in [0.717, 1.165) is 0 Å². The average molecular weight is 287 g/mol. The molecular formula is C12H15ClN2O4. The zero-order valence-electron chi connectivity index (χ0n) is 10.6. The number of rotatable bonds is 5. The quantitative estimate of drug-likeness (QED) is 0.774. The van der Waals surface area contributed by atoms with Crippen LogP contribution >= 0.6 is 11.6 Å². The molecule has 0 aromatic heterocycles. The maximum atomic E-state index is 11.7. The summed E-state index contributed by atoms with van der Waals surface area (Å²) in [6.45, 7) is 2.12. The fourth-order valence-corrected chi connectivity index (χ4v) is 1.65. The molecule has 0 saturated heterocycles. The zero-order valence-corrected chi connectivity index (χ0v) is 11.3. The maximum absolute atomic E-state index is 11.7. The molecule has 104 valence electrons. The Bertz CT molecular complexity index is 479. The summed E-state index contributed by atoms with van der Waals surface area (Å²) >= 11 is 5.78. The summed E-state index contributed by atoms with van der Waals surface area (Å²) in [5.41, 5.74) is 0.112. The number of anilines is 1. The molecule has 6 nitrogen and oxygen atoms in total. The first-order valence-electron chi connectivity index (χ1n) is 5.53. The molecule has 0 saturated carbocycles. The molecule has 0 radical (unpaired) electrons. The predicted molar refractivity (Wildman–Crippen MR) is 71.9 cm³/mol. The Kier molecular flexibility index (Phi) is 5.59. The third-order valence-corrected chi connectivity index (χ3v) is 2.49. The molecule has 0 aliphatic heterocycles. The Balaban J connectivity index is 2.78. The number of methoxy groups -OCH3 is 1. The van der Waals surface area contributed by atoms with Crippen molar-refractivity contribution in [1.82, 2.24) is 5.32 Å². The van der Waals surface area contributed by atoms with Crippen molar-refractivity contribution in [2.45, 2.75) is 13.0 Å². The molecule has 7 heteroatoms. The van der Waals surface area contributed by atoms with Crippen LogP contribution in [0.15, 0.2) is 18.2 Å². The number of aromatic carboxylic acids is 1. The molecule has 19 heavy (non-hydrogen) atoms. The highest BCUT2D eigenvalue weighted by atomic mass is 35.5. The highest BCUT2D eigenvalue weighted by Gasteiger charge is 2.14. The Hall–Kier alpha value is -1.79. The molecule has 1 aromatic carbocycles. The minimum atomic E-state index is -1.14. The topological polar surface area (TPSA) is 87.7 Å². The summed E-state index contributed by atoms with van der Waals surface area (Å²) in [6, 6.07) is 3.44. The fourth-order valence-electron chi connectivity index (χ4n) is 1.48. The van der Waals surface area contributed by atoms with Crippen LogP contribution in [0.25, 0.3) is 0 Å². The monoisotopic (exact) mass is 286 g/mol. The van der Waals surface area contributed by atoms with Crippen molar-refractivity contribution in [1.29, 1.82) is 0 Å². The van der Waals surface area contributed by atoms with Gasteiger partial charge in [0.05, 0.1) is 23.9 Å². The highest BCUT2D eigenvalue weighted by molar-refractivity contribution is 6.31. The zero-order chi connectivity index (χ0) is 14.4.